The monoisotopic (exact) mass is 335 g/mol. The van der Waals surface area contributed by atoms with Crippen LogP contribution in [0.1, 0.15) is 25.0 Å². The molecule has 122 valence electrons. The molecule has 0 N–H and O–H groups in total. The highest BCUT2D eigenvalue weighted by atomic mass is 32.2. The highest BCUT2D eigenvalue weighted by Crippen LogP contribution is 2.31. The van der Waals surface area contributed by atoms with Crippen LogP contribution in [-0.4, -0.2) is 13.3 Å². The lowest BCUT2D eigenvalue weighted by Gasteiger charge is -2.24. The zero-order chi connectivity index (χ0) is 17.3. The Hall–Kier alpha value is -2.25. The number of nitrogens with zero attached hydrogens (tertiary/aromatic N) is 1. The first-order valence-corrected chi connectivity index (χ1v) is 8.30. The lowest BCUT2D eigenvalue weighted by atomic mass is 9.98. The number of hydrogen-bond acceptors (Lipinski definition) is 5. The van der Waals surface area contributed by atoms with Crippen molar-refractivity contribution >= 4 is 15.8 Å². The van der Waals surface area contributed by atoms with E-state index in [0.717, 1.165) is 5.56 Å². The van der Waals surface area contributed by atoms with Crippen LogP contribution in [0.25, 0.3) is 0 Å². The summed E-state index contributed by atoms with van der Waals surface area (Å²) >= 11 is 0. The highest BCUT2D eigenvalue weighted by molar-refractivity contribution is 7.86. The molecule has 0 atom stereocenters. The van der Waals surface area contributed by atoms with E-state index < -0.39 is 20.6 Å². The second-order valence-electron chi connectivity index (χ2n) is 5.67. The molecule has 0 bridgehead atoms. The van der Waals surface area contributed by atoms with Gasteiger partial charge < -0.3 is 0 Å². The van der Waals surface area contributed by atoms with Gasteiger partial charge in [0.25, 0.3) is 15.8 Å². The molecule has 7 heteroatoms. The third-order valence-electron chi connectivity index (χ3n) is 3.38. The predicted molar refractivity (Wildman–Crippen MR) is 85.6 cm³/mol. The quantitative estimate of drug-likeness (QED) is 0.474. The van der Waals surface area contributed by atoms with Crippen molar-refractivity contribution in [1.29, 1.82) is 0 Å². The summed E-state index contributed by atoms with van der Waals surface area (Å²) in [4.78, 5) is 10.4. The third-order valence-corrected chi connectivity index (χ3v) is 4.87. The normalized spacial score (nSPS) is 12.1. The zero-order valence-corrected chi connectivity index (χ0v) is 13.8. The van der Waals surface area contributed by atoms with Gasteiger partial charge in [-0.1, -0.05) is 29.8 Å². The number of nitro benzene ring substituents is 1. The van der Waals surface area contributed by atoms with Crippen LogP contribution < -0.4 is 0 Å². The zero-order valence-electron chi connectivity index (χ0n) is 13.0. The van der Waals surface area contributed by atoms with Gasteiger partial charge >= 0.3 is 0 Å². The van der Waals surface area contributed by atoms with Crippen LogP contribution in [0.2, 0.25) is 0 Å². The molecule has 0 aromatic heterocycles. The van der Waals surface area contributed by atoms with E-state index in [2.05, 4.69) is 0 Å². The minimum Gasteiger partial charge on any atom is -0.258 e. The Morgan fingerprint density at radius 3 is 2.26 bits per heavy atom. The second kappa shape index (κ2) is 6.10. The Kier molecular flexibility index (Phi) is 4.53. The lowest BCUT2D eigenvalue weighted by Crippen LogP contribution is -2.26. The Morgan fingerprint density at radius 1 is 1.09 bits per heavy atom. The summed E-state index contributed by atoms with van der Waals surface area (Å²) in [6, 6.07) is 12.0. The molecule has 2 aromatic carbocycles. The molecule has 23 heavy (non-hydrogen) atoms. The Bertz CT molecular complexity index is 826. The maximum absolute atomic E-state index is 12.4. The van der Waals surface area contributed by atoms with Crippen LogP contribution >= 0.6 is 0 Å². The van der Waals surface area contributed by atoms with Crippen LogP contribution in [-0.2, 0) is 19.9 Å². The fourth-order valence-corrected chi connectivity index (χ4v) is 3.28. The molecule has 0 saturated carbocycles. The fraction of sp³-hybridized carbons (Fsp3) is 0.250. The van der Waals surface area contributed by atoms with Gasteiger partial charge in [0.15, 0.2) is 0 Å². The fourth-order valence-electron chi connectivity index (χ4n) is 2.07. The third kappa shape index (κ3) is 3.94. The minimum absolute atomic E-state index is 0.0432. The maximum atomic E-state index is 12.4. The van der Waals surface area contributed by atoms with Crippen molar-refractivity contribution in [3.8, 4) is 0 Å². The van der Waals surface area contributed by atoms with Gasteiger partial charge in [0.2, 0.25) is 0 Å². The summed E-state index contributed by atoms with van der Waals surface area (Å²) in [6.45, 7) is 4.96. The first-order valence-electron chi connectivity index (χ1n) is 6.89. The smallest absolute Gasteiger partial charge is 0.258 e. The van der Waals surface area contributed by atoms with E-state index >= 15 is 0 Å². The first-order chi connectivity index (χ1) is 10.6. The van der Waals surface area contributed by atoms with Crippen molar-refractivity contribution in [3.63, 3.8) is 0 Å². The van der Waals surface area contributed by atoms with Crippen LogP contribution in [0.4, 0.5) is 5.69 Å². The molecule has 0 saturated heterocycles. The maximum Gasteiger partial charge on any atom is 0.297 e. The molecule has 0 aliphatic heterocycles. The predicted octanol–water partition coefficient (Wildman–Crippen LogP) is 3.54. The van der Waals surface area contributed by atoms with E-state index in [4.69, 9.17) is 4.18 Å². The van der Waals surface area contributed by atoms with Crippen molar-refractivity contribution in [2.75, 3.05) is 0 Å². The van der Waals surface area contributed by atoms with Gasteiger partial charge in [-0.25, -0.2) is 0 Å². The summed E-state index contributed by atoms with van der Waals surface area (Å²) in [6.07, 6.45) is 0. The summed E-state index contributed by atoms with van der Waals surface area (Å²) in [5, 5.41) is 10.9. The number of nitro groups is 1. The Morgan fingerprint density at radius 2 is 1.70 bits per heavy atom. The minimum atomic E-state index is -3.99. The number of non-ortho nitro benzene ring substituents is 1. The van der Waals surface area contributed by atoms with E-state index in [1.54, 1.807) is 32.0 Å². The van der Waals surface area contributed by atoms with Crippen molar-refractivity contribution in [2.24, 2.45) is 0 Å². The average molecular weight is 335 g/mol. The molecule has 0 radical (unpaired) electrons. The number of aryl methyl sites for hydroxylation is 1. The van der Waals surface area contributed by atoms with Gasteiger partial charge in [-0.05, 0) is 38.5 Å². The Balaban J connectivity index is 2.35. The van der Waals surface area contributed by atoms with Crippen LogP contribution in [0, 0.1) is 17.0 Å². The molecule has 0 heterocycles. The molecule has 2 rings (SSSR count). The van der Waals surface area contributed by atoms with E-state index in [9.17, 15) is 18.5 Å². The lowest BCUT2D eigenvalue weighted by molar-refractivity contribution is -0.385. The molecule has 0 spiro atoms. The molecular formula is C16H17NO5S. The van der Waals surface area contributed by atoms with Gasteiger partial charge in [0, 0.05) is 12.1 Å². The van der Waals surface area contributed by atoms with Gasteiger partial charge in [-0.2, -0.15) is 8.42 Å². The topological polar surface area (TPSA) is 86.5 Å². The average Bonchev–Trinajstić information content (AvgIpc) is 2.46. The highest BCUT2D eigenvalue weighted by Gasteiger charge is 2.31. The van der Waals surface area contributed by atoms with Gasteiger partial charge in [-0.15, -0.1) is 0 Å². The van der Waals surface area contributed by atoms with Crippen molar-refractivity contribution < 1.29 is 17.5 Å². The molecule has 6 nitrogen and oxygen atoms in total. The molecular weight excluding hydrogens is 318 g/mol. The Labute approximate surface area is 135 Å². The van der Waals surface area contributed by atoms with E-state index in [1.807, 2.05) is 6.92 Å². The van der Waals surface area contributed by atoms with E-state index in [0.29, 0.717) is 5.56 Å². The molecule has 0 unspecified atom stereocenters. The molecule has 2 aromatic rings. The summed E-state index contributed by atoms with van der Waals surface area (Å²) in [5.74, 6) is 0. The second-order valence-corrected chi connectivity index (χ2v) is 7.21. The van der Waals surface area contributed by atoms with E-state index in [-0.39, 0.29) is 10.6 Å². The number of benzene rings is 2. The van der Waals surface area contributed by atoms with Crippen LogP contribution in [0.3, 0.4) is 0 Å². The first kappa shape index (κ1) is 17.1. The van der Waals surface area contributed by atoms with Crippen LogP contribution in [0.15, 0.2) is 53.4 Å². The molecule has 0 fully saturated rings. The molecule has 0 aliphatic rings. The number of hydrogen-bond donors (Lipinski definition) is 0. The summed E-state index contributed by atoms with van der Waals surface area (Å²) in [5.41, 5.74) is -0.0216. The molecule has 0 amide bonds. The summed E-state index contributed by atoms with van der Waals surface area (Å²) < 4.78 is 30.1. The van der Waals surface area contributed by atoms with Gasteiger partial charge in [-0.3, -0.25) is 14.3 Å². The van der Waals surface area contributed by atoms with Crippen molar-refractivity contribution in [2.45, 2.75) is 31.3 Å². The van der Waals surface area contributed by atoms with Gasteiger partial charge in [0.05, 0.1) is 9.82 Å². The number of rotatable bonds is 5. The SMILES string of the molecule is Cc1ccc(S(=O)(=O)OC(C)(C)c2cccc([N+](=O)[O-])c2)cc1. The van der Waals surface area contributed by atoms with Crippen LogP contribution in [0.5, 0.6) is 0 Å². The van der Waals surface area contributed by atoms with Crippen molar-refractivity contribution in [3.05, 3.63) is 69.8 Å². The van der Waals surface area contributed by atoms with Gasteiger partial charge in [0.1, 0.15) is 5.60 Å². The van der Waals surface area contributed by atoms with E-state index in [1.165, 1.54) is 30.3 Å². The molecule has 0 aliphatic carbocycles. The largest absolute Gasteiger partial charge is 0.297 e. The summed E-state index contributed by atoms with van der Waals surface area (Å²) in [7, 11) is -3.99. The van der Waals surface area contributed by atoms with Crippen molar-refractivity contribution in [1.82, 2.24) is 0 Å². The standard InChI is InChI=1S/C16H17NO5S/c1-12-7-9-15(10-8-12)23(20,21)22-16(2,3)13-5-4-6-14(11-13)17(18)19/h4-11H,1-3H3.